The van der Waals surface area contributed by atoms with Crippen molar-refractivity contribution >= 4 is 35.1 Å². The van der Waals surface area contributed by atoms with Crippen LogP contribution in [0.25, 0.3) is 21.0 Å². The Hall–Kier alpha value is -2.39. The number of ether oxygens (including phenoxy) is 1. The van der Waals surface area contributed by atoms with Gasteiger partial charge < -0.3 is 10.1 Å². The quantitative estimate of drug-likeness (QED) is 0.315. The molecular formula is C25H32N4O2S2. The zero-order valence-corrected chi connectivity index (χ0v) is 21.6. The van der Waals surface area contributed by atoms with Gasteiger partial charge in [0.15, 0.2) is 0 Å². The summed E-state index contributed by atoms with van der Waals surface area (Å²) in [6, 6.07) is 14.2. The van der Waals surface area contributed by atoms with E-state index in [9.17, 15) is 4.79 Å². The maximum absolute atomic E-state index is 11.8. The zero-order valence-electron chi connectivity index (χ0n) is 20.0. The minimum atomic E-state index is -0.454. The minimum absolute atomic E-state index is 0.00280. The van der Waals surface area contributed by atoms with Crippen LogP contribution in [0.1, 0.15) is 40.2 Å². The molecule has 0 aliphatic carbocycles. The standard InChI is InChI=1S/C25H32N4O2S2/c1-16(2)31-24(30)28-19-10-8-18(9-11-19)23-27-15-22(32-23)20-12-7-17(14-26-6)13-21(20)33-29-25(3,4)5/h7-13,15-16,26,29H,14H2,1-6H3,(H,28,30). The summed E-state index contributed by atoms with van der Waals surface area (Å²) in [5.74, 6) is 0. The fourth-order valence-corrected chi connectivity index (χ4v) is 4.91. The Morgan fingerprint density at radius 1 is 1.15 bits per heavy atom. The van der Waals surface area contributed by atoms with Gasteiger partial charge in [-0.3, -0.25) is 10.0 Å². The number of thiazole rings is 1. The molecule has 8 heteroatoms. The predicted octanol–water partition coefficient (Wildman–Crippen LogP) is 6.55. The van der Waals surface area contributed by atoms with Gasteiger partial charge in [0.1, 0.15) is 5.01 Å². The van der Waals surface area contributed by atoms with Crippen molar-refractivity contribution in [2.75, 3.05) is 12.4 Å². The molecule has 3 N–H and O–H groups in total. The molecule has 0 saturated heterocycles. The van der Waals surface area contributed by atoms with E-state index in [1.54, 1.807) is 23.3 Å². The lowest BCUT2D eigenvalue weighted by Crippen LogP contribution is -2.29. The van der Waals surface area contributed by atoms with Crippen molar-refractivity contribution in [1.82, 2.24) is 15.0 Å². The van der Waals surface area contributed by atoms with Crippen molar-refractivity contribution in [1.29, 1.82) is 0 Å². The summed E-state index contributed by atoms with van der Waals surface area (Å²) in [5, 5.41) is 6.89. The molecule has 0 bridgehead atoms. The summed E-state index contributed by atoms with van der Waals surface area (Å²) in [7, 11) is 1.96. The second-order valence-electron chi connectivity index (χ2n) is 9.00. The molecule has 6 nitrogen and oxygen atoms in total. The van der Waals surface area contributed by atoms with Gasteiger partial charge >= 0.3 is 6.09 Å². The topological polar surface area (TPSA) is 75.3 Å². The van der Waals surface area contributed by atoms with Crippen LogP contribution in [0.15, 0.2) is 53.6 Å². The van der Waals surface area contributed by atoms with Crippen LogP contribution in [-0.2, 0) is 11.3 Å². The van der Waals surface area contributed by atoms with Crippen LogP contribution < -0.4 is 15.4 Å². The van der Waals surface area contributed by atoms with Gasteiger partial charge in [-0.1, -0.05) is 12.1 Å². The van der Waals surface area contributed by atoms with Gasteiger partial charge in [-0.05, 0) is 89.5 Å². The molecular weight excluding hydrogens is 452 g/mol. The third-order valence-electron chi connectivity index (χ3n) is 4.39. The molecule has 0 spiro atoms. The molecule has 1 amide bonds. The number of rotatable bonds is 8. The van der Waals surface area contributed by atoms with E-state index in [4.69, 9.17) is 4.74 Å². The molecule has 3 rings (SSSR count). The zero-order chi connectivity index (χ0) is 24.0. The Bertz CT molecular complexity index is 1070. The van der Waals surface area contributed by atoms with Gasteiger partial charge in [0.25, 0.3) is 0 Å². The van der Waals surface area contributed by atoms with Crippen molar-refractivity contribution < 1.29 is 9.53 Å². The third-order valence-corrected chi connectivity index (χ3v) is 6.74. The molecule has 0 fully saturated rings. The number of hydrogen-bond acceptors (Lipinski definition) is 7. The van der Waals surface area contributed by atoms with E-state index < -0.39 is 6.09 Å². The van der Waals surface area contributed by atoms with E-state index in [0.29, 0.717) is 5.69 Å². The van der Waals surface area contributed by atoms with Gasteiger partial charge in [0, 0.05) is 40.0 Å². The summed E-state index contributed by atoms with van der Waals surface area (Å²) in [6.45, 7) is 10.9. The van der Waals surface area contributed by atoms with Gasteiger partial charge in [-0.25, -0.2) is 9.78 Å². The van der Waals surface area contributed by atoms with Gasteiger partial charge in [0.05, 0.1) is 11.0 Å². The molecule has 0 saturated carbocycles. The van der Waals surface area contributed by atoms with E-state index in [-0.39, 0.29) is 11.6 Å². The Labute approximate surface area is 204 Å². The highest BCUT2D eigenvalue weighted by molar-refractivity contribution is 7.97. The SMILES string of the molecule is CNCc1ccc(-c2cnc(-c3ccc(NC(=O)OC(C)C)cc3)s2)c(SNC(C)(C)C)c1. The molecule has 0 unspecified atom stereocenters. The molecule has 0 aliphatic heterocycles. The van der Waals surface area contributed by atoms with Crippen molar-refractivity contribution in [3.8, 4) is 21.0 Å². The number of anilines is 1. The lowest BCUT2D eigenvalue weighted by atomic mass is 10.1. The number of nitrogens with zero attached hydrogens (tertiary/aromatic N) is 1. The monoisotopic (exact) mass is 484 g/mol. The lowest BCUT2D eigenvalue weighted by Gasteiger charge is -2.20. The lowest BCUT2D eigenvalue weighted by molar-refractivity contribution is 0.130. The van der Waals surface area contributed by atoms with E-state index in [0.717, 1.165) is 27.6 Å². The third kappa shape index (κ3) is 7.57. The second kappa shape index (κ2) is 11.2. The average molecular weight is 485 g/mol. The number of benzene rings is 2. The molecule has 1 heterocycles. The Morgan fingerprint density at radius 2 is 1.88 bits per heavy atom. The fourth-order valence-electron chi connectivity index (χ4n) is 2.97. The Balaban J connectivity index is 1.81. The molecule has 0 atom stereocenters. The van der Waals surface area contributed by atoms with E-state index in [1.807, 2.05) is 51.4 Å². The van der Waals surface area contributed by atoms with Crippen molar-refractivity contribution in [2.24, 2.45) is 0 Å². The largest absolute Gasteiger partial charge is 0.447 e. The number of carbonyl (C=O) groups excluding carboxylic acids is 1. The first-order valence-corrected chi connectivity index (χ1v) is 12.5. The molecule has 0 radical (unpaired) electrons. The van der Waals surface area contributed by atoms with Gasteiger partial charge in [0.2, 0.25) is 0 Å². The second-order valence-corrected chi connectivity index (χ2v) is 10.9. The van der Waals surface area contributed by atoms with Crippen molar-refractivity contribution in [3.63, 3.8) is 0 Å². The average Bonchev–Trinajstić information content (AvgIpc) is 3.22. The van der Waals surface area contributed by atoms with E-state index in [1.165, 1.54) is 10.5 Å². The number of aromatic nitrogens is 1. The predicted molar refractivity (Wildman–Crippen MR) is 140 cm³/mol. The maximum Gasteiger partial charge on any atom is 0.411 e. The van der Waals surface area contributed by atoms with Crippen molar-refractivity contribution in [2.45, 2.75) is 57.7 Å². The normalized spacial score (nSPS) is 11.6. The molecule has 176 valence electrons. The van der Waals surface area contributed by atoms with Crippen LogP contribution in [0.5, 0.6) is 0 Å². The summed E-state index contributed by atoms with van der Waals surface area (Å²) < 4.78 is 8.65. The van der Waals surface area contributed by atoms with E-state index >= 15 is 0 Å². The molecule has 33 heavy (non-hydrogen) atoms. The maximum atomic E-state index is 11.8. The van der Waals surface area contributed by atoms with Crippen LogP contribution in [-0.4, -0.2) is 29.8 Å². The van der Waals surface area contributed by atoms with Crippen LogP contribution in [0.4, 0.5) is 10.5 Å². The molecule has 0 aliphatic rings. The van der Waals surface area contributed by atoms with Gasteiger partial charge in [-0.2, -0.15) is 0 Å². The first-order valence-electron chi connectivity index (χ1n) is 10.9. The fraction of sp³-hybridized carbons (Fsp3) is 0.360. The Morgan fingerprint density at radius 3 is 2.52 bits per heavy atom. The van der Waals surface area contributed by atoms with Crippen LogP contribution in [0.3, 0.4) is 0 Å². The first kappa shape index (κ1) is 25.2. The molecule has 2 aromatic carbocycles. The number of hydrogen-bond donors (Lipinski definition) is 3. The Kier molecular flexibility index (Phi) is 8.53. The highest BCUT2D eigenvalue weighted by Crippen LogP contribution is 2.38. The minimum Gasteiger partial charge on any atom is -0.447 e. The highest BCUT2D eigenvalue weighted by atomic mass is 32.2. The number of carbonyl (C=O) groups is 1. The summed E-state index contributed by atoms with van der Waals surface area (Å²) in [4.78, 5) is 18.8. The first-order chi connectivity index (χ1) is 15.6. The summed E-state index contributed by atoms with van der Waals surface area (Å²) in [5.41, 5.74) is 4.09. The highest BCUT2D eigenvalue weighted by Gasteiger charge is 2.15. The van der Waals surface area contributed by atoms with Crippen molar-refractivity contribution in [3.05, 3.63) is 54.2 Å². The number of nitrogens with one attached hydrogen (secondary N) is 3. The van der Waals surface area contributed by atoms with Gasteiger partial charge in [-0.15, -0.1) is 11.3 Å². The molecule has 3 aromatic rings. The van der Waals surface area contributed by atoms with Crippen LogP contribution in [0, 0.1) is 0 Å². The summed E-state index contributed by atoms with van der Waals surface area (Å²) >= 11 is 3.31. The van der Waals surface area contributed by atoms with Crippen LogP contribution in [0.2, 0.25) is 0 Å². The molecule has 1 aromatic heterocycles. The van der Waals surface area contributed by atoms with Crippen LogP contribution >= 0.6 is 23.3 Å². The smallest absolute Gasteiger partial charge is 0.411 e. The summed E-state index contributed by atoms with van der Waals surface area (Å²) in [6.07, 6.45) is 1.32. The number of amides is 1. The van der Waals surface area contributed by atoms with E-state index in [2.05, 4.69) is 59.3 Å².